The molecule has 160 valence electrons. The predicted molar refractivity (Wildman–Crippen MR) is 129 cm³/mol. The highest BCUT2D eigenvalue weighted by molar-refractivity contribution is 14.0. The molecule has 1 aliphatic rings. The van der Waals surface area contributed by atoms with Gasteiger partial charge >= 0.3 is 0 Å². The van der Waals surface area contributed by atoms with Gasteiger partial charge in [0.1, 0.15) is 5.82 Å². The van der Waals surface area contributed by atoms with Gasteiger partial charge in [0, 0.05) is 30.9 Å². The lowest BCUT2D eigenvalue weighted by Crippen LogP contribution is -2.46. The molecule has 1 atom stereocenters. The molecule has 2 N–H and O–H groups in total. The second kappa shape index (κ2) is 12.9. The Balaban J connectivity index is 0.00000392. The molecule has 0 spiro atoms. The van der Waals surface area contributed by atoms with Gasteiger partial charge in [0.15, 0.2) is 5.96 Å². The molecule has 0 aromatic heterocycles. The molecule has 0 amide bonds. The van der Waals surface area contributed by atoms with Crippen molar-refractivity contribution in [1.82, 2.24) is 15.5 Å². The number of rotatable bonds is 8. The normalized spacial score (nSPS) is 17.0. The van der Waals surface area contributed by atoms with Gasteiger partial charge in [-0.05, 0) is 44.7 Å². The summed E-state index contributed by atoms with van der Waals surface area (Å²) in [5.74, 6) is 0.613. The summed E-state index contributed by atoms with van der Waals surface area (Å²) >= 11 is 1.81. The molecule has 1 saturated heterocycles. The van der Waals surface area contributed by atoms with Gasteiger partial charge in [0.05, 0.1) is 25.8 Å². The topological polar surface area (TPSA) is 48.9 Å². The molecule has 1 heterocycles. The van der Waals surface area contributed by atoms with Gasteiger partial charge < -0.3 is 15.4 Å². The first-order chi connectivity index (χ1) is 12.9. The van der Waals surface area contributed by atoms with Gasteiger partial charge in [-0.3, -0.25) is 9.89 Å². The number of halogens is 2. The highest BCUT2D eigenvalue weighted by Gasteiger charge is 2.23. The summed E-state index contributed by atoms with van der Waals surface area (Å²) in [4.78, 5) is 7.14. The van der Waals surface area contributed by atoms with Crippen molar-refractivity contribution in [1.29, 1.82) is 0 Å². The van der Waals surface area contributed by atoms with E-state index in [1.165, 1.54) is 12.1 Å². The zero-order valence-corrected chi connectivity index (χ0v) is 20.5. The van der Waals surface area contributed by atoms with Crippen molar-refractivity contribution in [2.24, 2.45) is 4.99 Å². The lowest BCUT2D eigenvalue weighted by molar-refractivity contribution is 0.0170. The summed E-state index contributed by atoms with van der Waals surface area (Å²) < 4.78 is 19.0. The van der Waals surface area contributed by atoms with Crippen LogP contribution in [0.15, 0.2) is 29.3 Å². The van der Waals surface area contributed by atoms with Crippen LogP contribution >= 0.6 is 35.7 Å². The second-order valence-corrected chi connectivity index (χ2v) is 8.77. The summed E-state index contributed by atoms with van der Waals surface area (Å²) in [6.07, 6.45) is 2.11. The lowest BCUT2D eigenvalue weighted by atomic mass is 10.0. The van der Waals surface area contributed by atoms with Crippen molar-refractivity contribution in [3.63, 3.8) is 0 Å². The Morgan fingerprint density at radius 1 is 1.25 bits per heavy atom. The van der Waals surface area contributed by atoms with Gasteiger partial charge in [-0.15, -0.1) is 24.0 Å². The van der Waals surface area contributed by atoms with Crippen molar-refractivity contribution >= 4 is 41.7 Å². The number of hydrogen-bond donors (Lipinski definition) is 2. The van der Waals surface area contributed by atoms with Gasteiger partial charge in [-0.1, -0.05) is 12.1 Å². The number of thioether (sulfide) groups is 1. The summed E-state index contributed by atoms with van der Waals surface area (Å²) in [5, 5.41) is 6.81. The molecule has 1 aliphatic heterocycles. The first-order valence-electron chi connectivity index (χ1n) is 9.60. The van der Waals surface area contributed by atoms with E-state index >= 15 is 0 Å². The number of ether oxygens (including phenoxy) is 1. The largest absolute Gasteiger partial charge is 0.379 e. The molecular formula is C20H34FIN4OS. The molecule has 5 nitrogen and oxygen atoms in total. The maximum Gasteiger partial charge on any atom is 0.191 e. The van der Waals surface area contributed by atoms with Gasteiger partial charge in [-0.2, -0.15) is 11.8 Å². The molecule has 28 heavy (non-hydrogen) atoms. The van der Waals surface area contributed by atoms with Crippen molar-refractivity contribution in [2.75, 3.05) is 52.2 Å². The summed E-state index contributed by atoms with van der Waals surface area (Å²) in [7, 11) is 0. The smallest absolute Gasteiger partial charge is 0.191 e. The third-order valence-electron chi connectivity index (χ3n) is 4.72. The molecular weight excluding hydrogens is 490 g/mol. The monoisotopic (exact) mass is 524 g/mol. The zero-order valence-electron chi connectivity index (χ0n) is 17.3. The number of morpholine rings is 1. The first kappa shape index (κ1) is 25.5. The zero-order chi connectivity index (χ0) is 19.7. The third-order valence-corrected chi connectivity index (χ3v) is 5.95. The minimum atomic E-state index is -0.207. The number of nitrogens with one attached hydrogen (secondary N) is 2. The first-order valence-corrected chi connectivity index (χ1v) is 10.8. The van der Waals surface area contributed by atoms with E-state index in [1.807, 2.05) is 23.9 Å². The summed E-state index contributed by atoms with van der Waals surface area (Å²) in [5.41, 5.74) is 1.10. The Kier molecular flexibility index (Phi) is 11.7. The Morgan fingerprint density at radius 3 is 2.46 bits per heavy atom. The molecule has 2 rings (SSSR count). The average Bonchev–Trinajstić information content (AvgIpc) is 2.68. The fourth-order valence-electron chi connectivity index (χ4n) is 2.90. The van der Waals surface area contributed by atoms with Crippen molar-refractivity contribution in [2.45, 2.75) is 31.6 Å². The van der Waals surface area contributed by atoms with Crippen LogP contribution in [0.1, 0.15) is 32.4 Å². The van der Waals surface area contributed by atoms with Crippen molar-refractivity contribution in [3.05, 3.63) is 35.6 Å². The Labute approximate surface area is 190 Å². The van der Waals surface area contributed by atoms with E-state index < -0.39 is 0 Å². The lowest BCUT2D eigenvalue weighted by Gasteiger charge is -2.35. The van der Waals surface area contributed by atoms with Crippen LogP contribution in [0.3, 0.4) is 0 Å². The van der Waals surface area contributed by atoms with E-state index in [1.54, 1.807) is 0 Å². The number of nitrogens with zero attached hydrogens (tertiary/aromatic N) is 2. The minimum absolute atomic E-state index is 0. The van der Waals surface area contributed by atoms with Crippen LogP contribution in [0.4, 0.5) is 4.39 Å². The van der Waals surface area contributed by atoms with Crippen molar-refractivity contribution in [3.8, 4) is 0 Å². The van der Waals surface area contributed by atoms with E-state index in [0.717, 1.165) is 50.9 Å². The summed E-state index contributed by atoms with van der Waals surface area (Å²) in [6.45, 7) is 11.9. The molecule has 1 fully saturated rings. The molecule has 0 bridgehead atoms. The molecule has 1 aromatic carbocycles. The Hall–Kier alpha value is -0.580. The van der Waals surface area contributed by atoms with E-state index in [0.29, 0.717) is 6.54 Å². The van der Waals surface area contributed by atoms with Gasteiger partial charge in [0.25, 0.3) is 0 Å². The average molecular weight is 524 g/mol. The van der Waals surface area contributed by atoms with E-state index in [4.69, 9.17) is 9.73 Å². The SMILES string of the molecule is CCNC(=NCC(C)(C)SC)NCC(c1ccc(F)cc1)N1CCOCC1.I. The van der Waals surface area contributed by atoms with Crippen molar-refractivity contribution < 1.29 is 9.13 Å². The maximum absolute atomic E-state index is 13.4. The molecule has 0 radical (unpaired) electrons. The van der Waals surface area contributed by atoms with Crippen LogP contribution in [0.25, 0.3) is 0 Å². The number of aliphatic imine (C=N–C) groups is 1. The van der Waals surface area contributed by atoms with Crippen LogP contribution in [0.5, 0.6) is 0 Å². The third kappa shape index (κ3) is 8.42. The highest BCUT2D eigenvalue weighted by atomic mass is 127. The molecule has 1 unspecified atom stereocenters. The number of benzene rings is 1. The quantitative estimate of drug-likeness (QED) is 0.310. The van der Waals surface area contributed by atoms with Gasteiger partial charge in [0.2, 0.25) is 0 Å². The minimum Gasteiger partial charge on any atom is -0.379 e. The highest BCUT2D eigenvalue weighted by Crippen LogP contribution is 2.22. The number of hydrogen-bond acceptors (Lipinski definition) is 4. The molecule has 1 aromatic rings. The van der Waals surface area contributed by atoms with Crippen LogP contribution in [0.2, 0.25) is 0 Å². The van der Waals surface area contributed by atoms with Crippen LogP contribution < -0.4 is 10.6 Å². The standard InChI is InChI=1S/C20H33FN4OS.HI/c1-5-22-19(24-15-20(2,3)27-4)23-14-18(25-10-12-26-13-11-25)16-6-8-17(21)9-7-16;/h6-9,18H,5,10-15H2,1-4H3,(H2,22,23,24);1H. The van der Waals surface area contributed by atoms with Gasteiger partial charge in [-0.25, -0.2) is 4.39 Å². The molecule has 0 saturated carbocycles. The second-order valence-electron chi connectivity index (χ2n) is 7.26. The fourth-order valence-corrected chi connectivity index (χ4v) is 3.09. The molecule has 8 heteroatoms. The summed E-state index contributed by atoms with van der Waals surface area (Å²) in [6, 6.07) is 6.95. The Bertz CT molecular complexity index is 594. The maximum atomic E-state index is 13.4. The van der Waals surface area contributed by atoms with E-state index in [-0.39, 0.29) is 40.6 Å². The van der Waals surface area contributed by atoms with Crippen LogP contribution in [-0.4, -0.2) is 67.8 Å². The fraction of sp³-hybridized carbons (Fsp3) is 0.650. The van der Waals surface area contributed by atoms with Crippen LogP contribution in [0, 0.1) is 5.82 Å². The Morgan fingerprint density at radius 2 is 1.89 bits per heavy atom. The molecule has 0 aliphatic carbocycles. The number of guanidine groups is 1. The van der Waals surface area contributed by atoms with Crippen LogP contribution in [-0.2, 0) is 4.74 Å². The predicted octanol–water partition coefficient (Wildman–Crippen LogP) is 3.51. The van der Waals surface area contributed by atoms with E-state index in [9.17, 15) is 4.39 Å². The van der Waals surface area contributed by atoms with E-state index in [2.05, 4.69) is 42.6 Å².